The molecule has 26 heteroatoms. The lowest BCUT2D eigenvalue weighted by atomic mass is 10.1. The summed E-state index contributed by atoms with van der Waals surface area (Å²) in [4.78, 5) is 103. The number of esters is 3. The molecule has 4 amide bonds. The van der Waals surface area contributed by atoms with Gasteiger partial charge in [-0.25, -0.2) is 14.4 Å². The van der Waals surface area contributed by atoms with Crippen molar-refractivity contribution in [3.63, 3.8) is 0 Å². The van der Waals surface area contributed by atoms with E-state index in [0.29, 0.717) is 58.5 Å². The Bertz CT molecular complexity index is 2650. The molecule has 1 heterocycles. The van der Waals surface area contributed by atoms with E-state index < -0.39 is 79.5 Å². The quantitative estimate of drug-likeness (QED) is 0.0104. The number of azide groups is 1. The molecule has 4 N–H and O–H groups in total. The van der Waals surface area contributed by atoms with Gasteiger partial charge in [0.1, 0.15) is 19.8 Å². The third kappa shape index (κ3) is 26.3. The van der Waals surface area contributed by atoms with E-state index in [-0.39, 0.29) is 123 Å². The molecule has 3 aromatic rings. The molecular weight excluding hydrogens is 1160 g/mol. The Morgan fingerprint density at radius 2 is 0.820 bits per heavy atom. The lowest BCUT2D eigenvalue weighted by Crippen LogP contribution is -2.52. The summed E-state index contributed by atoms with van der Waals surface area (Å²) in [6, 6.07) is 6.74. The molecule has 0 radical (unpaired) electrons. The number of hydrogen-bond donors (Lipinski definition) is 4. The Kier molecular flexibility index (Phi) is 35.9. The highest BCUT2D eigenvalue weighted by Crippen LogP contribution is 2.36. The number of hydrogen-bond acceptors (Lipinski definition) is 20. The van der Waals surface area contributed by atoms with Gasteiger partial charge < -0.3 is 78.1 Å². The Balaban J connectivity index is 1.72. The van der Waals surface area contributed by atoms with Gasteiger partial charge >= 0.3 is 17.9 Å². The highest BCUT2D eigenvalue weighted by Gasteiger charge is 2.36. The zero-order chi connectivity index (χ0) is 64.4. The summed E-state index contributed by atoms with van der Waals surface area (Å²) in [7, 11) is 0. The van der Waals surface area contributed by atoms with Crippen LogP contribution in [0.25, 0.3) is 10.4 Å². The van der Waals surface area contributed by atoms with Crippen LogP contribution in [0.2, 0.25) is 0 Å². The first kappa shape index (κ1) is 73.4. The summed E-state index contributed by atoms with van der Waals surface area (Å²) in [5.74, 6) is -6.10. The summed E-state index contributed by atoms with van der Waals surface area (Å²) >= 11 is 0. The lowest BCUT2D eigenvalue weighted by Gasteiger charge is -2.25. The van der Waals surface area contributed by atoms with Crippen LogP contribution in [0, 0.1) is 0 Å². The number of cyclic esters (lactones) is 3. The predicted molar refractivity (Wildman–Crippen MR) is 327 cm³/mol. The first-order chi connectivity index (χ1) is 43.3. The number of amides is 4. The molecule has 0 saturated carbocycles. The van der Waals surface area contributed by atoms with Crippen LogP contribution in [0.4, 0.5) is 0 Å². The zero-order valence-corrected chi connectivity index (χ0v) is 52.5. The molecule has 0 aliphatic carbocycles. The number of carbonyl (C=O) groups is 7. The van der Waals surface area contributed by atoms with E-state index in [1.165, 1.54) is 24.3 Å². The third-order valence-electron chi connectivity index (χ3n) is 13.1. The molecule has 0 bridgehead atoms. The molecule has 0 unspecified atom stereocenters. The van der Waals surface area contributed by atoms with Crippen LogP contribution in [-0.2, 0) is 42.8 Å². The van der Waals surface area contributed by atoms with Crippen molar-refractivity contribution >= 4 is 41.5 Å². The van der Waals surface area contributed by atoms with Gasteiger partial charge in [-0.3, -0.25) is 19.2 Å². The summed E-state index contributed by atoms with van der Waals surface area (Å²) < 4.78 is 70.0. The SMILES string of the molecule is CCCCOc1cccc(C(=O)N[C@H]2COC(=O)[C@@H](NC(=O)c3cccc(OCCCC)c3OCCCC)COC(=O)[C@@H](NC(=O)c3cc(C(=O)NCCOCCOCCOCCN=[N+]=[N-])cc(OCCCC)c3OCCCC)COC2=O)c1OCCCC. The average molecular weight is 1250 g/mol. The number of benzene rings is 3. The fraction of sp³-hybridized carbons (Fsp3) is 0.603. The van der Waals surface area contributed by atoms with Crippen LogP contribution >= 0.6 is 0 Å². The van der Waals surface area contributed by atoms with E-state index in [4.69, 9.17) is 62.4 Å². The number of carbonyl (C=O) groups excluding carboxylic acids is 7. The first-order valence-corrected chi connectivity index (χ1v) is 31.0. The monoisotopic (exact) mass is 1250 g/mol. The Hall–Kier alpha value is -8.06. The van der Waals surface area contributed by atoms with Gasteiger partial charge in [-0.05, 0) is 80.5 Å². The van der Waals surface area contributed by atoms with Crippen LogP contribution in [-0.4, -0.2) is 172 Å². The third-order valence-corrected chi connectivity index (χ3v) is 13.1. The molecule has 0 spiro atoms. The van der Waals surface area contributed by atoms with Crippen LogP contribution in [0.3, 0.4) is 0 Å². The molecule has 0 aromatic heterocycles. The van der Waals surface area contributed by atoms with Gasteiger partial charge in [-0.15, -0.1) is 0 Å². The second-order valence-corrected chi connectivity index (χ2v) is 20.3. The number of nitrogens with zero attached hydrogens (tertiary/aromatic N) is 3. The second-order valence-electron chi connectivity index (χ2n) is 20.3. The smallest absolute Gasteiger partial charge is 0.332 e. The number of para-hydroxylation sites is 2. The van der Waals surface area contributed by atoms with E-state index in [1.54, 1.807) is 24.3 Å². The van der Waals surface area contributed by atoms with Crippen molar-refractivity contribution in [1.82, 2.24) is 21.3 Å². The second kappa shape index (κ2) is 43.6. The van der Waals surface area contributed by atoms with E-state index in [9.17, 15) is 33.6 Å². The maximum absolute atomic E-state index is 14.9. The maximum Gasteiger partial charge on any atom is 0.332 e. The molecule has 1 aliphatic heterocycles. The van der Waals surface area contributed by atoms with Crippen molar-refractivity contribution in [3.8, 4) is 34.5 Å². The van der Waals surface area contributed by atoms with Gasteiger partial charge in [0.05, 0.1) is 96.0 Å². The molecule has 492 valence electrons. The number of unbranched alkanes of at least 4 members (excludes halogenated alkanes) is 6. The normalized spacial score (nSPS) is 15.1. The van der Waals surface area contributed by atoms with E-state index in [0.717, 1.165) is 44.9 Å². The fourth-order valence-corrected chi connectivity index (χ4v) is 8.05. The Morgan fingerprint density at radius 1 is 0.461 bits per heavy atom. The van der Waals surface area contributed by atoms with Gasteiger partial charge in [0.2, 0.25) is 0 Å². The largest absolute Gasteiger partial charge is 0.490 e. The lowest BCUT2D eigenvalue weighted by molar-refractivity contribution is -0.160. The molecule has 4 rings (SSSR count). The van der Waals surface area contributed by atoms with Crippen molar-refractivity contribution < 1.29 is 90.4 Å². The standard InChI is InChI=1S/C63H91N7O19/c1-7-13-27-81-51-23-19-21-45(54(51)84-30-16-10-4)58(72)67-48-41-87-61(75)49(68-59(73)46-22-20-24-52(82-28-14-8-2)55(46)85-31-17-11-5)42-88-63(77)50(43-89-62(48)76)69-60(74)47-39-44(40-53(83-29-15-9-3)56(47)86-32-18-12-6)57(71)65-25-33-78-35-37-80-38-36-79-34-26-66-70-64/h19-24,39-40,48-50H,7-18,25-38,41-43H2,1-6H3,(H,65,71)(H,67,72)(H,68,73)(H,69,74)/t48-,49-,50-/m0/s1. The van der Waals surface area contributed by atoms with Gasteiger partial charge in [-0.1, -0.05) is 97.3 Å². The van der Waals surface area contributed by atoms with Crippen LogP contribution in [0.15, 0.2) is 53.6 Å². The zero-order valence-electron chi connectivity index (χ0n) is 52.5. The molecule has 1 saturated heterocycles. The number of ether oxygens (including phenoxy) is 12. The molecule has 3 atom stereocenters. The van der Waals surface area contributed by atoms with E-state index in [2.05, 4.69) is 31.3 Å². The van der Waals surface area contributed by atoms with Gasteiger partial charge in [-0.2, -0.15) is 0 Å². The first-order valence-electron chi connectivity index (χ1n) is 31.0. The Morgan fingerprint density at radius 3 is 1.22 bits per heavy atom. The van der Waals surface area contributed by atoms with Crippen LogP contribution in [0.1, 0.15) is 160 Å². The fourth-order valence-electron chi connectivity index (χ4n) is 8.05. The molecule has 1 fully saturated rings. The van der Waals surface area contributed by atoms with Gasteiger partial charge in [0, 0.05) is 23.6 Å². The van der Waals surface area contributed by atoms with Crippen molar-refractivity contribution in [2.24, 2.45) is 5.11 Å². The molecular formula is C63H91N7O19. The summed E-state index contributed by atoms with van der Waals surface area (Å²) in [5, 5.41) is 13.9. The minimum Gasteiger partial charge on any atom is -0.490 e. The van der Waals surface area contributed by atoms with E-state index in [1.807, 2.05) is 41.5 Å². The highest BCUT2D eigenvalue weighted by molar-refractivity contribution is 6.04. The van der Waals surface area contributed by atoms with Gasteiger partial charge in [0.15, 0.2) is 52.6 Å². The van der Waals surface area contributed by atoms with Crippen molar-refractivity contribution in [1.29, 1.82) is 0 Å². The minimum absolute atomic E-state index is 0.0161. The topological polar surface area (TPSA) is 327 Å². The Labute approximate surface area is 521 Å². The maximum atomic E-state index is 14.9. The molecule has 1 aliphatic rings. The van der Waals surface area contributed by atoms with Crippen molar-refractivity contribution in [2.75, 3.05) is 112 Å². The summed E-state index contributed by atoms with van der Waals surface area (Å²) in [6.45, 7) is 12.4. The predicted octanol–water partition coefficient (Wildman–Crippen LogP) is 8.19. The summed E-state index contributed by atoms with van der Waals surface area (Å²) in [6.07, 6.45) is 8.63. The summed E-state index contributed by atoms with van der Waals surface area (Å²) in [5.41, 5.74) is 8.08. The number of nitrogens with one attached hydrogen (secondary N) is 4. The average Bonchev–Trinajstić information content (AvgIpc) is 3.55. The molecule has 3 aromatic carbocycles. The minimum atomic E-state index is -1.84. The van der Waals surface area contributed by atoms with Crippen molar-refractivity contribution in [2.45, 2.75) is 137 Å². The molecule has 26 nitrogen and oxygen atoms in total. The number of rotatable bonds is 43. The van der Waals surface area contributed by atoms with E-state index >= 15 is 0 Å². The van der Waals surface area contributed by atoms with Crippen LogP contribution < -0.4 is 49.7 Å². The molecule has 89 heavy (non-hydrogen) atoms. The van der Waals surface area contributed by atoms with Crippen molar-refractivity contribution in [3.05, 3.63) is 81.2 Å². The van der Waals surface area contributed by atoms with Gasteiger partial charge in [0.25, 0.3) is 23.6 Å². The van der Waals surface area contributed by atoms with Crippen LogP contribution in [0.5, 0.6) is 34.5 Å². The highest BCUT2D eigenvalue weighted by atomic mass is 16.6.